The van der Waals surface area contributed by atoms with Crippen molar-refractivity contribution in [1.82, 2.24) is 4.98 Å². The molecule has 0 aliphatic rings. The summed E-state index contributed by atoms with van der Waals surface area (Å²) in [6, 6.07) is 3.26. The molecule has 0 bridgehead atoms. The van der Waals surface area contributed by atoms with Crippen molar-refractivity contribution in [2.45, 2.75) is 6.10 Å². The van der Waals surface area contributed by atoms with Crippen molar-refractivity contribution in [1.29, 1.82) is 0 Å². The third-order valence-corrected chi connectivity index (χ3v) is 1.50. The van der Waals surface area contributed by atoms with Gasteiger partial charge in [0.05, 0.1) is 19.4 Å². The van der Waals surface area contributed by atoms with Crippen LogP contribution in [0.4, 0.5) is 0 Å². The highest BCUT2D eigenvalue weighted by molar-refractivity contribution is 5.23. The molecule has 0 radical (unpaired) electrons. The van der Waals surface area contributed by atoms with Gasteiger partial charge < -0.3 is 14.9 Å². The first-order chi connectivity index (χ1) is 5.77. The van der Waals surface area contributed by atoms with E-state index >= 15 is 0 Å². The van der Waals surface area contributed by atoms with Crippen molar-refractivity contribution in [3.63, 3.8) is 0 Å². The average molecular weight is 169 g/mol. The van der Waals surface area contributed by atoms with E-state index in [0.29, 0.717) is 11.4 Å². The average Bonchev–Trinajstić information content (AvgIpc) is 2.17. The highest BCUT2D eigenvalue weighted by Crippen LogP contribution is 2.15. The van der Waals surface area contributed by atoms with Gasteiger partial charge in [0.15, 0.2) is 0 Å². The highest BCUT2D eigenvalue weighted by atomic mass is 16.5. The summed E-state index contributed by atoms with van der Waals surface area (Å²) in [6.07, 6.45) is 0.590. The minimum absolute atomic E-state index is 0.333. The van der Waals surface area contributed by atoms with Crippen LogP contribution in [0.3, 0.4) is 0 Å². The molecule has 0 amide bonds. The Kier molecular flexibility index (Phi) is 3.01. The molecule has 2 N–H and O–H groups in total. The topological polar surface area (TPSA) is 62.6 Å². The second kappa shape index (κ2) is 4.04. The number of rotatable bonds is 3. The van der Waals surface area contributed by atoms with Crippen LogP contribution >= 0.6 is 0 Å². The molecule has 0 fully saturated rings. The lowest BCUT2D eigenvalue weighted by molar-refractivity contribution is 0.0920. The minimum atomic E-state index is -0.930. The fraction of sp³-hybridized carbons (Fsp3) is 0.375. The maximum Gasteiger partial charge on any atom is 0.122 e. The van der Waals surface area contributed by atoms with E-state index < -0.39 is 6.10 Å². The number of hydrogen-bond acceptors (Lipinski definition) is 4. The predicted molar refractivity (Wildman–Crippen MR) is 42.8 cm³/mol. The van der Waals surface area contributed by atoms with Crippen LogP contribution in [0.15, 0.2) is 18.3 Å². The Morgan fingerprint density at radius 1 is 1.67 bits per heavy atom. The molecule has 1 heterocycles. The van der Waals surface area contributed by atoms with E-state index in [0.717, 1.165) is 0 Å². The summed E-state index contributed by atoms with van der Waals surface area (Å²) < 4.78 is 4.92. The zero-order valence-corrected chi connectivity index (χ0v) is 6.77. The summed E-state index contributed by atoms with van der Waals surface area (Å²) in [6.45, 7) is -0.333. The van der Waals surface area contributed by atoms with Crippen molar-refractivity contribution in [2.24, 2.45) is 0 Å². The summed E-state index contributed by atoms with van der Waals surface area (Å²) >= 11 is 0. The van der Waals surface area contributed by atoms with Crippen LogP contribution in [0.25, 0.3) is 0 Å². The Bertz CT molecular complexity index is 252. The number of hydrogen-bond donors (Lipinski definition) is 2. The molecule has 0 saturated heterocycles. The van der Waals surface area contributed by atoms with Crippen LogP contribution in [0.2, 0.25) is 0 Å². The second-order valence-electron chi connectivity index (χ2n) is 2.32. The molecule has 12 heavy (non-hydrogen) atoms. The van der Waals surface area contributed by atoms with Gasteiger partial charge in [-0.1, -0.05) is 0 Å². The molecule has 4 nitrogen and oxygen atoms in total. The smallest absolute Gasteiger partial charge is 0.122 e. The maximum atomic E-state index is 9.18. The lowest BCUT2D eigenvalue weighted by Gasteiger charge is -2.07. The number of ether oxygens (including phenoxy) is 1. The minimum Gasteiger partial charge on any atom is -0.497 e. The standard InChI is InChI=1S/C8H11NO3/c1-12-6-2-3-9-7(4-6)8(11)5-10/h2-4,8,10-11H,5H2,1H3. The fourth-order valence-corrected chi connectivity index (χ4v) is 0.831. The third-order valence-electron chi connectivity index (χ3n) is 1.50. The Morgan fingerprint density at radius 3 is 3.00 bits per heavy atom. The van der Waals surface area contributed by atoms with Crippen LogP contribution in [0.5, 0.6) is 5.75 Å². The van der Waals surface area contributed by atoms with Gasteiger partial charge in [0, 0.05) is 12.3 Å². The first-order valence-electron chi connectivity index (χ1n) is 3.56. The molecule has 0 aliphatic carbocycles. The van der Waals surface area contributed by atoms with Gasteiger partial charge in [-0.25, -0.2) is 0 Å². The maximum absolute atomic E-state index is 9.18. The summed E-state index contributed by atoms with van der Waals surface area (Å²) in [5, 5.41) is 17.8. The van der Waals surface area contributed by atoms with Crippen molar-refractivity contribution >= 4 is 0 Å². The number of aromatic nitrogens is 1. The predicted octanol–water partition coefficient (Wildman–Crippen LogP) is 0.116. The number of aliphatic hydroxyl groups is 2. The zero-order chi connectivity index (χ0) is 8.97. The summed E-state index contributed by atoms with van der Waals surface area (Å²) in [7, 11) is 1.53. The molecule has 0 aliphatic heterocycles. The molecule has 1 unspecified atom stereocenters. The van der Waals surface area contributed by atoms with Gasteiger partial charge in [0.1, 0.15) is 11.9 Å². The fourth-order valence-electron chi connectivity index (χ4n) is 0.831. The molecule has 1 atom stereocenters. The van der Waals surface area contributed by atoms with Gasteiger partial charge in [0.25, 0.3) is 0 Å². The highest BCUT2D eigenvalue weighted by Gasteiger charge is 2.07. The zero-order valence-electron chi connectivity index (χ0n) is 6.77. The molecular weight excluding hydrogens is 158 g/mol. The van der Waals surface area contributed by atoms with E-state index in [-0.39, 0.29) is 6.61 Å². The first-order valence-corrected chi connectivity index (χ1v) is 3.56. The van der Waals surface area contributed by atoms with Gasteiger partial charge in [-0.15, -0.1) is 0 Å². The van der Waals surface area contributed by atoms with Crippen LogP contribution in [-0.4, -0.2) is 28.9 Å². The van der Waals surface area contributed by atoms with E-state index in [2.05, 4.69) is 4.98 Å². The number of nitrogens with zero attached hydrogens (tertiary/aromatic N) is 1. The largest absolute Gasteiger partial charge is 0.497 e. The van der Waals surface area contributed by atoms with E-state index in [9.17, 15) is 5.11 Å². The van der Waals surface area contributed by atoms with Crippen molar-refractivity contribution in [3.8, 4) is 5.75 Å². The van der Waals surface area contributed by atoms with E-state index in [1.807, 2.05) is 0 Å². The van der Waals surface area contributed by atoms with Crippen molar-refractivity contribution < 1.29 is 14.9 Å². The van der Waals surface area contributed by atoms with Gasteiger partial charge in [-0.3, -0.25) is 4.98 Å². The second-order valence-corrected chi connectivity index (χ2v) is 2.32. The summed E-state index contributed by atoms with van der Waals surface area (Å²) in [5.41, 5.74) is 0.414. The number of aliphatic hydroxyl groups excluding tert-OH is 2. The molecule has 66 valence electrons. The molecule has 1 aromatic heterocycles. The van der Waals surface area contributed by atoms with Gasteiger partial charge >= 0.3 is 0 Å². The molecular formula is C8H11NO3. The van der Waals surface area contributed by atoms with Crippen molar-refractivity contribution in [3.05, 3.63) is 24.0 Å². The normalized spacial score (nSPS) is 12.6. The van der Waals surface area contributed by atoms with Crippen molar-refractivity contribution in [2.75, 3.05) is 13.7 Å². The molecule has 4 heteroatoms. The van der Waals surface area contributed by atoms with Gasteiger partial charge in [0.2, 0.25) is 0 Å². The van der Waals surface area contributed by atoms with Crippen LogP contribution in [0, 0.1) is 0 Å². The summed E-state index contributed by atoms with van der Waals surface area (Å²) in [5.74, 6) is 0.618. The molecule has 0 spiro atoms. The number of pyridine rings is 1. The SMILES string of the molecule is COc1ccnc(C(O)CO)c1. The van der Waals surface area contributed by atoms with E-state index in [1.165, 1.54) is 13.3 Å². The molecule has 1 aromatic rings. The van der Waals surface area contributed by atoms with E-state index in [4.69, 9.17) is 9.84 Å². The lowest BCUT2D eigenvalue weighted by Crippen LogP contribution is -2.04. The van der Waals surface area contributed by atoms with Gasteiger partial charge in [-0.05, 0) is 6.07 Å². The van der Waals surface area contributed by atoms with Crippen LogP contribution < -0.4 is 4.74 Å². The monoisotopic (exact) mass is 169 g/mol. The Balaban J connectivity index is 2.86. The molecule has 1 rings (SSSR count). The Morgan fingerprint density at radius 2 is 2.42 bits per heavy atom. The lowest BCUT2D eigenvalue weighted by atomic mass is 10.2. The number of methoxy groups -OCH3 is 1. The summed E-state index contributed by atoms with van der Waals surface area (Å²) in [4.78, 5) is 3.87. The van der Waals surface area contributed by atoms with Crippen LogP contribution in [-0.2, 0) is 0 Å². The van der Waals surface area contributed by atoms with Crippen LogP contribution in [0.1, 0.15) is 11.8 Å². The third kappa shape index (κ3) is 1.93. The Labute approximate surface area is 70.4 Å². The molecule has 0 saturated carbocycles. The first kappa shape index (κ1) is 8.96. The quantitative estimate of drug-likeness (QED) is 0.674. The Hall–Kier alpha value is -1.13. The van der Waals surface area contributed by atoms with Gasteiger partial charge in [-0.2, -0.15) is 0 Å². The van der Waals surface area contributed by atoms with E-state index in [1.54, 1.807) is 12.1 Å². The molecule has 0 aromatic carbocycles.